The summed E-state index contributed by atoms with van der Waals surface area (Å²) in [6.07, 6.45) is -7.04. The van der Waals surface area contributed by atoms with E-state index in [0.717, 1.165) is 6.20 Å². The summed E-state index contributed by atoms with van der Waals surface area (Å²) < 4.78 is 83.4. The first kappa shape index (κ1) is 26.9. The number of nitrogens with one attached hydrogen (secondary N) is 2. The van der Waals surface area contributed by atoms with E-state index in [0.29, 0.717) is 18.2 Å². The highest BCUT2D eigenvalue weighted by Crippen LogP contribution is 2.32. The number of rotatable bonds is 6. The molecule has 1 unspecified atom stereocenters. The summed E-state index contributed by atoms with van der Waals surface area (Å²) in [7, 11) is 0. The van der Waals surface area contributed by atoms with Gasteiger partial charge in [-0.25, -0.2) is 15.1 Å². The molecule has 1 atom stereocenters. The van der Waals surface area contributed by atoms with E-state index in [-0.39, 0.29) is 44.3 Å². The van der Waals surface area contributed by atoms with Crippen LogP contribution in [0.25, 0.3) is 0 Å². The molecule has 4 heterocycles. The van der Waals surface area contributed by atoms with Crippen molar-refractivity contribution in [2.75, 3.05) is 36.4 Å². The van der Waals surface area contributed by atoms with Crippen molar-refractivity contribution in [1.82, 2.24) is 25.1 Å². The molecule has 10 nitrogen and oxygen atoms in total. The van der Waals surface area contributed by atoms with Gasteiger partial charge >= 0.3 is 12.4 Å². The Bertz CT molecular complexity index is 1330. The van der Waals surface area contributed by atoms with E-state index in [9.17, 15) is 35.9 Å². The molecule has 16 heteroatoms. The number of alkyl halides is 6. The van der Waals surface area contributed by atoms with Crippen LogP contribution in [0.5, 0.6) is 0 Å². The Labute approximate surface area is 210 Å². The minimum atomic E-state index is -4.88. The van der Waals surface area contributed by atoms with Crippen LogP contribution in [0.1, 0.15) is 34.4 Å². The highest BCUT2D eigenvalue weighted by atomic mass is 19.4. The number of hydrogen-bond donors (Lipinski definition) is 2. The van der Waals surface area contributed by atoms with Crippen LogP contribution < -0.4 is 15.8 Å². The number of carbonyl (C=O) groups excluding carboxylic acids is 1. The molecule has 1 fully saturated rings. The number of anilines is 2. The van der Waals surface area contributed by atoms with Gasteiger partial charge in [-0.05, 0) is 19.1 Å². The minimum absolute atomic E-state index is 0.0280. The molecule has 3 aromatic heterocycles. The molecule has 0 saturated carbocycles. The fourth-order valence-corrected chi connectivity index (χ4v) is 3.91. The summed E-state index contributed by atoms with van der Waals surface area (Å²) in [6.45, 7) is 2.64. The van der Waals surface area contributed by atoms with Crippen LogP contribution in [0.3, 0.4) is 0 Å². The first-order chi connectivity index (χ1) is 17.8. The first-order valence-electron chi connectivity index (χ1n) is 11.3. The van der Waals surface area contributed by atoms with Gasteiger partial charge < -0.3 is 19.5 Å². The zero-order chi connectivity index (χ0) is 27.7. The fraction of sp³-hybridized carbons (Fsp3) is 0.409. The molecule has 0 spiro atoms. The summed E-state index contributed by atoms with van der Waals surface area (Å²) in [5.41, 5.74) is -4.20. The lowest BCUT2D eigenvalue weighted by molar-refractivity contribution is -0.139. The number of H-pyrrole nitrogens is 1. The van der Waals surface area contributed by atoms with Crippen molar-refractivity contribution in [2.45, 2.75) is 31.7 Å². The topological polar surface area (TPSA) is 120 Å². The molecular weight excluding hydrogens is 524 g/mol. The third-order valence-corrected chi connectivity index (χ3v) is 5.74. The van der Waals surface area contributed by atoms with Gasteiger partial charge in [0.1, 0.15) is 11.3 Å². The van der Waals surface area contributed by atoms with Crippen molar-refractivity contribution in [3.8, 4) is 0 Å². The summed E-state index contributed by atoms with van der Waals surface area (Å²) >= 11 is 0. The van der Waals surface area contributed by atoms with Crippen molar-refractivity contribution < 1.29 is 35.6 Å². The second-order valence-electron chi connectivity index (χ2n) is 8.55. The normalized spacial score (nSPS) is 15.4. The van der Waals surface area contributed by atoms with Crippen LogP contribution in [-0.4, -0.2) is 63.2 Å². The molecule has 0 aliphatic carbocycles. The second kappa shape index (κ2) is 10.3. The zero-order valence-corrected chi connectivity index (χ0v) is 19.7. The van der Waals surface area contributed by atoms with E-state index in [1.807, 2.05) is 0 Å². The van der Waals surface area contributed by atoms with Crippen LogP contribution in [0, 0.1) is 0 Å². The highest BCUT2D eigenvalue weighted by Gasteiger charge is 2.37. The van der Waals surface area contributed by atoms with E-state index < -0.39 is 46.7 Å². The van der Waals surface area contributed by atoms with E-state index in [1.54, 1.807) is 16.9 Å². The molecule has 0 radical (unpaired) electrons. The minimum Gasteiger partial charge on any atom is -0.456 e. The van der Waals surface area contributed by atoms with Gasteiger partial charge in [-0.3, -0.25) is 9.59 Å². The van der Waals surface area contributed by atoms with Crippen molar-refractivity contribution in [2.24, 2.45) is 0 Å². The number of amides is 1. The molecule has 38 heavy (non-hydrogen) atoms. The average Bonchev–Trinajstić information content (AvgIpc) is 3.30. The highest BCUT2D eigenvalue weighted by molar-refractivity contribution is 5.91. The smallest absolute Gasteiger partial charge is 0.423 e. The van der Waals surface area contributed by atoms with Gasteiger partial charge in [0.15, 0.2) is 5.76 Å². The molecular formula is C22H21F6N7O3. The molecule has 1 aliphatic rings. The summed E-state index contributed by atoms with van der Waals surface area (Å²) in [4.78, 5) is 35.2. The van der Waals surface area contributed by atoms with E-state index in [1.165, 1.54) is 17.0 Å². The summed E-state index contributed by atoms with van der Waals surface area (Å²) in [5, 5.41) is 7.77. The van der Waals surface area contributed by atoms with Gasteiger partial charge in [-0.15, -0.1) is 0 Å². The number of halogens is 6. The molecule has 1 aliphatic heterocycles. The third-order valence-electron chi connectivity index (χ3n) is 5.74. The van der Waals surface area contributed by atoms with E-state index >= 15 is 0 Å². The maximum absolute atomic E-state index is 13.2. The SMILES string of the molecule is CC(Cc1ccc(C(=O)N2CCN(c3ncc(C(F)(F)F)cn3)CC2)o1)Nc1cn[nH]c(=O)c1C(F)(F)F. The van der Waals surface area contributed by atoms with Gasteiger partial charge in [0.25, 0.3) is 11.5 Å². The number of carbonyl (C=O) groups is 1. The van der Waals surface area contributed by atoms with Crippen LogP contribution >= 0.6 is 0 Å². The Morgan fingerprint density at radius 3 is 2.32 bits per heavy atom. The molecule has 3 aromatic rings. The van der Waals surface area contributed by atoms with Gasteiger partial charge in [0.05, 0.1) is 17.4 Å². The molecule has 0 bridgehead atoms. The lowest BCUT2D eigenvalue weighted by atomic mass is 10.1. The number of hydrogen-bond acceptors (Lipinski definition) is 8. The average molecular weight is 545 g/mol. The van der Waals surface area contributed by atoms with Crippen molar-refractivity contribution in [1.29, 1.82) is 0 Å². The second-order valence-corrected chi connectivity index (χ2v) is 8.55. The molecule has 1 saturated heterocycles. The Morgan fingerprint density at radius 2 is 1.71 bits per heavy atom. The Morgan fingerprint density at radius 1 is 1.05 bits per heavy atom. The van der Waals surface area contributed by atoms with Crippen LogP contribution in [0.2, 0.25) is 0 Å². The predicted octanol–water partition coefficient (Wildman–Crippen LogP) is 3.20. The third kappa shape index (κ3) is 6.06. The quantitative estimate of drug-likeness (QED) is 0.454. The Kier molecular flexibility index (Phi) is 7.33. The Hall–Kier alpha value is -4.11. The van der Waals surface area contributed by atoms with E-state index in [4.69, 9.17) is 4.42 Å². The van der Waals surface area contributed by atoms with E-state index in [2.05, 4.69) is 20.4 Å². The molecule has 0 aromatic carbocycles. The molecule has 4 rings (SSSR count). The zero-order valence-electron chi connectivity index (χ0n) is 19.7. The van der Waals surface area contributed by atoms with Crippen LogP contribution in [0.15, 0.2) is 39.9 Å². The summed E-state index contributed by atoms with van der Waals surface area (Å²) in [5.74, 6) is 0.0656. The van der Waals surface area contributed by atoms with Crippen LogP contribution in [0.4, 0.5) is 38.0 Å². The lowest BCUT2D eigenvalue weighted by Crippen LogP contribution is -2.49. The van der Waals surface area contributed by atoms with Gasteiger partial charge in [-0.1, -0.05) is 0 Å². The summed E-state index contributed by atoms with van der Waals surface area (Å²) in [6, 6.07) is 2.37. The maximum Gasteiger partial charge on any atom is 0.423 e. The Balaban J connectivity index is 1.33. The number of nitrogens with zero attached hydrogens (tertiary/aromatic N) is 5. The van der Waals surface area contributed by atoms with Crippen molar-refractivity contribution in [3.63, 3.8) is 0 Å². The largest absolute Gasteiger partial charge is 0.456 e. The number of aromatic nitrogens is 4. The fourth-order valence-electron chi connectivity index (χ4n) is 3.91. The van der Waals surface area contributed by atoms with Gasteiger partial charge in [0.2, 0.25) is 5.95 Å². The van der Waals surface area contributed by atoms with Gasteiger partial charge in [0, 0.05) is 51.0 Å². The lowest BCUT2D eigenvalue weighted by Gasteiger charge is -2.34. The van der Waals surface area contributed by atoms with Gasteiger partial charge in [-0.2, -0.15) is 31.4 Å². The monoisotopic (exact) mass is 545 g/mol. The van der Waals surface area contributed by atoms with Crippen molar-refractivity contribution in [3.05, 3.63) is 63.7 Å². The molecule has 1 amide bonds. The molecule has 2 N–H and O–H groups in total. The molecule has 204 valence electrons. The predicted molar refractivity (Wildman–Crippen MR) is 121 cm³/mol. The maximum atomic E-state index is 13.2. The number of piperazine rings is 1. The first-order valence-corrected chi connectivity index (χ1v) is 11.3. The van der Waals surface area contributed by atoms with Crippen LogP contribution in [-0.2, 0) is 18.8 Å². The van der Waals surface area contributed by atoms with Crippen molar-refractivity contribution >= 4 is 17.5 Å². The standard InChI is InChI=1S/C22H21F6N7O3/c1-12(32-15-11-31-33-18(36)17(15)22(26,27)28)8-14-2-3-16(38-14)19(37)34-4-6-35(7-5-34)20-29-9-13(10-30-20)21(23,24)25/h2-3,9-12H,4-8H2,1H3,(H2,32,33,36). The number of aromatic amines is 1. The number of furan rings is 1.